The van der Waals surface area contributed by atoms with Crippen molar-refractivity contribution in [3.63, 3.8) is 0 Å². The summed E-state index contributed by atoms with van der Waals surface area (Å²) in [6.07, 6.45) is 2.41. The Labute approximate surface area is 158 Å². The quantitative estimate of drug-likeness (QED) is 0.601. The molecule has 0 saturated carbocycles. The van der Waals surface area contributed by atoms with Gasteiger partial charge in [0.05, 0.1) is 5.75 Å². The lowest BCUT2D eigenvalue weighted by atomic mass is 9.99. The number of nitrogens with one attached hydrogen (secondary N) is 1. The van der Waals surface area contributed by atoms with Crippen LogP contribution in [0.3, 0.4) is 0 Å². The van der Waals surface area contributed by atoms with E-state index >= 15 is 0 Å². The van der Waals surface area contributed by atoms with Gasteiger partial charge in [-0.05, 0) is 23.5 Å². The van der Waals surface area contributed by atoms with Crippen LogP contribution in [0.1, 0.15) is 63.1 Å². The van der Waals surface area contributed by atoms with Gasteiger partial charge in [-0.15, -0.1) is 12.4 Å². The van der Waals surface area contributed by atoms with E-state index in [-0.39, 0.29) is 30.7 Å². The number of benzene rings is 1. The molecular formula is C18H31ClN2O3S. The highest BCUT2D eigenvalue weighted by Crippen LogP contribution is 2.17. The minimum atomic E-state index is -3.33. The molecule has 0 saturated heterocycles. The topological polar surface area (TPSA) is 89.3 Å². The highest BCUT2D eigenvalue weighted by atomic mass is 35.5. The molecule has 5 nitrogen and oxygen atoms in total. The fraction of sp³-hybridized carbons (Fsp3) is 0.611. The summed E-state index contributed by atoms with van der Waals surface area (Å²) in [4.78, 5) is 11.8. The van der Waals surface area contributed by atoms with E-state index in [0.717, 1.165) is 18.4 Å². The van der Waals surface area contributed by atoms with Crippen molar-refractivity contribution in [3.05, 3.63) is 35.4 Å². The van der Waals surface area contributed by atoms with Gasteiger partial charge in [-0.25, -0.2) is 8.42 Å². The maximum atomic E-state index is 11.8. The second-order valence-electron chi connectivity index (χ2n) is 6.53. The number of hydrogen-bond acceptors (Lipinski definition) is 4. The van der Waals surface area contributed by atoms with Crippen molar-refractivity contribution in [1.29, 1.82) is 0 Å². The Balaban J connectivity index is 0.00000576. The second kappa shape index (κ2) is 11.5. The first-order valence-corrected chi connectivity index (χ1v) is 10.4. The summed E-state index contributed by atoms with van der Waals surface area (Å²) >= 11 is 0. The molecule has 3 N–H and O–H groups in total. The number of unbranched alkanes of at least 4 members (excludes halogenated alkanes) is 2. The SMILES string of the molecule is CCCCCS(=O)(=O)CC(=O)NCC(N)c1ccc(C(C)C)cc1.Cl. The molecule has 0 aliphatic carbocycles. The van der Waals surface area contributed by atoms with Crippen LogP contribution >= 0.6 is 12.4 Å². The molecule has 25 heavy (non-hydrogen) atoms. The van der Waals surface area contributed by atoms with Gasteiger partial charge in [-0.3, -0.25) is 4.79 Å². The second-order valence-corrected chi connectivity index (χ2v) is 8.72. The molecule has 1 rings (SSSR count). The lowest BCUT2D eigenvalue weighted by Gasteiger charge is -2.14. The molecule has 1 atom stereocenters. The van der Waals surface area contributed by atoms with Crippen LogP contribution in [0.4, 0.5) is 0 Å². The predicted octanol–water partition coefficient (Wildman–Crippen LogP) is 2.95. The minimum Gasteiger partial charge on any atom is -0.353 e. The number of carbonyl (C=O) groups is 1. The van der Waals surface area contributed by atoms with Crippen LogP contribution in [0.15, 0.2) is 24.3 Å². The van der Waals surface area contributed by atoms with E-state index in [2.05, 4.69) is 19.2 Å². The van der Waals surface area contributed by atoms with Crippen LogP contribution in [-0.4, -0.2) is 32.4 Å². The van der Waals surface area contributed by atoms with Crippen molar-refractivity contribution in [3.8, 4) is 0 Å². The number of hydrogen-bond donors (Lipinski definition) is 2. The number of rotatable bonds is 10. The fourth-order valence-corrected chi connectivity index (χ4v) is 3.65. The number of carbonyl (C=O) groups excluding carboxylic acids is 1. The smallest absolute Gasteiger partial charge is 0.235 e. The van der Waals surface area contributed by atoms with E-state index in [0.29, 0.717) is 12.3 Å². The molecule has 7 heteroatoms. The zero-order valence-electron chi connectivity index (χ0n) is 15.3. The maximum Gasteiger partial charge on any atom is 0.235 e. The van der Waals surface area contributed by atoms with E-state index in [9.17, 15) is 13.2 Å². The van der Waals surface area contributed by atoms with Gasteiger partial charge in [0, 0.05) is 12.6 Å². The van der Waals surface area contributed by atoms with Gasteiger partial charge in [0.1, 0.15) is 5.75 Å². The molecule has 0 fully saturated rings. The van der Waals surface area contributed by atoms with Gasteiger partial charge in [-0.1, -0.05) is 57.9 Å². The van der Waals surface area contributed by atoms with Crippen molar-refractivity contribution in [2.45, 2.75) is 52.0 Å². The van der Waals surface area contributed by atoms with E-state index in [1.54, 1.807) is 0 Å². The molecule has 1 unspecified atom stereocenters. The number of halogens is 1. The number of nitrogens with two attached hydrogens (primary N) is 1. The van der Waals surface area contributed by atoms with Crippen LogP contribution in [0.2, 0.25) is 0 Å². The summed E-state index contributed by atoms with van der Waals surface area (Å²) in [7, 11) is -3.33. The van der Waals surface area contributed by atoms with Crippen molar-refractivity contribution >= 4 is 28.2 Å². The number of amides is 1. The predicted molar refractivity (Wildman–Crippen MR) is 106 cm³/mol. The van der Waals surface area contributed by atoms with Gasteiger partial charge >= 0.3 is 0 Å². The molecule has 0 spiro atoms. The first-order chi connectivity index (χ1) is 11.2. The standard InChI is InChI=1S/C18H30N2O3S.ClH/c1-4-5-6-11-24(22,23)13-18(21)20-12-17(19)16-9-7-15(8-10-16)14(2)3;/h7-10,14,17H,4-6,11-13,19H2,1-3H3,(H,20,21);1H. The number of sulfone groups is 1. The molecule has 0 bridgehead atoms. The lowest BCUT2D eigenvalue weighted by Crippen LogP contribution is -2.36. The minimum absolute atomic E-state index is 0. The summed E-state index contributed by atoms with van der Waals surface area (Å²) in [6, 6.07) is 7.61. The molecular weight excluding hydrogens is 360 g/mol. The van der Waals surface area contributed by atoms with E-state index < -0.39 is 21.5 Å². The molecule has 1 aromatic rings. The Morgan fingerprint density at radius 1 is 1.12 bits per heavy atom. The summed E-state index contributed by atoms with van der Waals surface area (Å²) in [5.74, 6) is -0.430. The molecule has 1 aromatic carbocycles. The zero-order valence-corrected chi connectivity index (χ0v) is 17.0. The Hall–Kier alpha value is -1.11. The van der Waals surface area contributed by atoms with Gasteiger partial charge in [0.15, 0.2) is 9.84 Å². The van der Waals surface area contributed by atoms with Gasteiger partial charge in [0.2, 0.25) is 5.91 Å². The first-order valence-electron chi connectivity index (χ1n) is 8.57. The Morgan fingerprint density at radius 3 is 2.20 bits per heavy atom. The lowest BCUT2D eigenvalue weighted by molar-refractivity contribution is -0.118. The van der Waals surface area contributed by atoms with Crippen LogP contribution < -0.4 is 11.1 Å². The van der Waals surface area contributed by atoms with Crippen molar-refractivity contribution < 1.29 is 13.2 Å². The molecule has 144 valence electrons. The van der Waals surface area contributed by atoms with Crippen molar-refractivity contribution in [2.24, 2.45) is 5.73 Å². The molecule has 0 heterocycles. The average Bonchev–Trinajstić information content (AvgIpc) is 2.52. The van der Waals surface area contributed by atoms with E-state index in [1.807, 2.05) is 31.2 Å². The summed E-state index contributed by atoms with van der Waals surface area (Å²) in [5.41, 5.74) is 8.22. The normalized spacial score (nSPS) is 12.5. The molecule has 0 aliphatic heterocycles. The van der Waals surface area contributed by atoms with E-state index in [4.69, 9.17) is 5.73 Å². The Morgan fingerprint density at radius 2 is 1.68 bits per heavy atom. The summed E-state index contributed by atoms with van der Waals surface area (Å²) in [6.45, 7) is 6.48. The Bertz CT molecular complexity index is 616. The van der Waals surface area contributed by atoms with Gasteiger partial charge < -0.3 is 11.1 Å². The van der Waals surface area contributed by atoms with Crippen LogP contribution in [0.25, 0.3) is 0 Å². The van der Waals surface area contributed by atoms with Gasteiger partial charge in [0.25, 0.3) is 0 Å². The maximum absolute atomic E-state index is 11.8. The van der Waals surface area contributed by atoms with Crippen molar-refractivity contribution in [2.75, 3.05) is 18.1 Å². The monoisotopic (exact) mass is 390 g/mol. The first kappa shape index (κ1) is 23.9. The molecule has 0 radical (unpaired) electrons. The molecule has 1 amide bonds. The summed E-state index contributed by atoms with van der Waals surface area (Å²) in [5, 5.41) is 2.62. The fourth-order valence-electron chi connectivity index (χ4n) is 2.36. The van der Waals surface area contributed by atoms with Gasteiger partial charge in [-0.2, -0.15) is 0 Å². The summed E-state index contributed by atoms with van der Waals surface area (Å²) < 4.78 is 23.7. The molecule has 0 aliphatic rings. The third kappa shape index (κ3) is 9.23. The highest BCUT2D eigenvalue weighted by molar-refractivity contribution is 7.92. The Kier molecular flexibility index (Phi) is 11.0. The van der Waals surface area contributed by atoms with E-state index in [1.165, 1.54) is 5.56 Å². The average molecular weight is 391 g/mol. The van der Waals surface area contributed by atoms with Crippen LogP contribution in [0.5, 0.6) is 0 Å². The molecule has 0 aromatic heterocycles. The van der Waals surface area contributed by atoms with Crippen LogP contribution in [-0.2, 0) is 14.6 Å². The third-order valence-electron chi connectivity index (χ3n) is 3.96. The van der Waals surface area contributed by atoms with Crippen LogP contribution in [0, 0.1) is 0 Å². The van der Waals surface area contributed by atoms with Crippen molar-refractivity contribution in [1.82, 2.24) is 5.32 Å². The zero-order chi connectivity index (χ0) is 18.2. The third-order valence-corrected chi connectivity index (χ3v) is 5.57. The highest BCUT2D eigenvalue weighted by Gasteiger charge is 2.17. The largest absolute Gasteiger partial charge is 0.353 e.